The summed E-state index contributed by atoms with van der Waals surface area (Å²) >= 11 is 0. The molecule has 1 heterocycles. The van der Waals surface area contributed by atoms with Crippen molar-refractivity contribution in [1.29, 1.82) is 0 Å². The van der Waals surface area contributed by atoms with E-state index in [4.69, 9.17) is 0 Å². The molecule has 1 atom stereocenters. The second kappa shape index (κ2) is 10.4. The SMILES string of the molecule is Cc1cccc(C(Cc2ccccc2)(NC(=O)Nc2ccc(F)c(F)c2)c2cccc(C(F)(F)F)c2)n1. The minimum absolute atomic E-state index is 0.0359. The van der Waals surface area contributed by atoms with Gasteiger partial charge < -0.3 is 10.6 Å². The summed E-state index contributed by atoms with van der Waals surface area (Å²) in [6.07, 6.45) is -4.57. The Bertz CT molecular complexity index is 1410. The Balaban J connectivity index is 1.87. The summed E-state index contributed by atoms with van der Waals surface area (Å²) in [6.45, 7) is 1.73. The van der Waals surface area contributed by atoms with Crippen molar-refractivity contribution in [2.24, 2.45) is 0 Å². The van der Waals surface area contributed by atoms with E-state index in [9.17, 15) is 26.7 Å². The number of amides is 2. The number of hydrogen-bond acceptors (Lipinski definition) is 2. The van der Waals surface area contributed by atoms with Crippen molar-refractivity contribution in [1.82, 2.24) is 10.3 Å². The van der Waals surface area contributed by atoms with Crippen LogP contribution < -0.4 is 10.6 Å². The first kappa shape index (κ1) is 25.8. The van der Waals surface area contributed by atoms with E-state index < -0.39 is 34.9 Å². The molecule has 0 saturated carbocycles. The number of hydrogen-bond donors (Lipinski definition) is 2. The Labute approximate surface area is 210 Å². The summed E-state index contributed by atoms with van der Waals surface area (Å²) in [7, 11) is 0. The van der Waals surface area contributed by atoms with Crippen LogP contribution >= 0.6 is 0 Å². The molecule has 0 saturated heterocycles. The smallest absolute Gasteiger partial charge is 0.322 e. The van der Waals surface area contributed by atoms with E-state index in [1.807, 2.05) is 0 Å². The molecule has 37 heavy (non-hydrogen) atoms. The van der Waals surface area contributed by atoms with Crippen LogP contribution in [0.3, 0.4) is 0 Å². The predicted octanol–water partition coefficient (Wildman–Crippen LogP) is 7.00. The lowest BCUT2D eigenvalue weighted by Gasteiger charge is -2.36. The molecule has 4 nitrogen and oxygen atoms in total. The van der Waals surface area contributed by atoms with Gasteiger partial charge in [0.1, 0.15) is 5.54 Å². The predicted molar refractivity (Wildman–Crippen MR) is 130 cm³/mol. The number of carbonyl (C=O) groups is 1. The molecular formula is C28H22F5N3O. The lowest BCUT2D eigenvalue weighted by atomic mass is 9.80. The summed E-state index contributed by atoms with van der Waals surface area (Å²) in [6, 6.07) is 20.6. The first-order chi connectivity index (χ1) is 17.6. The summed E-state index contributed by atoms with van der Waals surface area (Å²) in [5.41, 5.74) is -0.733. The van der Waals surface area contributed by atoms with Gasteiger partial charge in [0.2, 0.25) is 0 Å². The van der Waals surface area contributed by atoms with Crippen LogP contribution in [-0.4, -0.2) is 11.0 Å². The maximum atomic E-state index is 13.7. The average Bonchev–Trinajstić information content (AvgIpc) is 2.86. The van der Waals surface area contributed by atoms with Gasteiger partial charge in [-0.25, -0.2) is 13.6 Å². The summed E-state index contributed by atoms with van der Waals surface area (Å²) in [5.74, 6) is -2.25. The summed E-state index contributed by atoms with van der Waals surface area (Å²) in [4.78, 5) is 17.8. The Morgan fingerprint density at radius 1 is 0.811 bits per heavy atom. The van der Waals surface area contributed by atoms with E-state index in [1.165, 1.54) is 18.2 Å². The topological polar surface area (TPSA) is 54.0 Å². The molecule has 4 rings (SSSR count). The molecular weight excluding hydrogens is 489 g/mol. The van der Waals surface area contributed by atoms with Gasteiger partial charge in [0, 0.05) is 23.9 Å². The van der Waals surface area contributed by atoms with Gasteiger partial charge in [0.15, 0.2) is 11.6 Å². The van der Waals surface area contributed by atoms with Gasteiger partial charge in [-0.2, -0.15) is 13.2 Å². The van der Waals surface area contributed by atoms with Crippen LogP contribution in [0.4, 0.5) is 32.4 Å². The van der Waals surface area contributed by atoms with Crippen molar-refractivity contribution >= 4 is 11.7 Å². The zero-order chi connectivity index (χ0) is 26.6. The number of rotatable bonds is 6. The van der Waals surface area contributed by atoms with E-state index in [1.54, 1.807) is 55.5 Å². The molecule has 2 amide bonds. The van der Waals surface area contributed by atoms with E-state index in [0.29, 0.717) is 11.4 Å². The van der Waals surface area contributed by atoms with Gasteiger partial charge in [0.05, 0.1) is 11.3 Å². The molecule has 0 aliphatic rings. The van der Waals surface area contributed by atoms with E-state index in [2.05, 4.69) is 15.6 Å². The Kier molecular flexibility index (Phi) is 7.24. The van der Waals surface area contributed by atoms with Gasteiger partial charge >= 0.3 is 12.2 Å². The van der Waals surface area contributed by atoms with Crippen molar-refractivity contribution in [3.63, 3.8) is 0 Å². The molecule has 0 fully saturated rings. The second-order valence-electron chi connectivity index (χ2n) is 8.52. The van der Waals surface area contributed by atoms with Crippen LogP contribution in [0.1, 0.15) is 28.1 Å². The number of nitrogens with one attached hydrogen (secondary N) is 2. The highest BCUT2D eigenvalue weighted by atomic mass is 19.4. The number of nitrogens with zero attached hydrogens (tertiary/aromatic N) is 1. The van der Waals surface area contributed by atoms with Crippen LogP contribution in [0.25, 0.3) is 0 Å². The molecule has 1 unspecified atom stereocenters. The lowest BCUT2D eigenvalue weighted by molar-refractivity contribution is -0.137. The molecule has 9 heteroatoms. The average molecular weight is 511 g/mol. The monoisotopic (exact) mass is 511 g/mol. The minimum atomic E-state index is -4.62. The fourth-order valence-corrected chi connectivity index (χ4v) is 4.09. The fraction of sp³-hybridized carbons (Fsp3) is 0.143. The molecule has 0 spiro atoms. The first-order valence-electron chi connectivity index (χ1n) is 11.3. The number of urea groups is 1. The van der Waals surface area contributed by atoms with E-state index >= 15 is 0 Å². The molecule has 2 N–H and O–H groups in total. The molecule has 4 aromatic rings. The third-order valence-corrected chi connectivity index (χ3v) is 5.82. The number of carbonyl (C=O) groups excluding carboxylic acids is 1. The first-order valence-corrected chi connectivity index (χ1v) is 11.3. The molecule has 0 aliphatic carbocycles. The maximum absolute atomic E-state index is 13.7. The van der Waals surface area contributed by atoms with Crippen LogP contribution in [0.5, 0.6) is 0 Å². The standard InChI is InChI=1S/C28H22F5N3O/c1-18-7-5-12-25(34-18)27(17-19-8-3-2-4-9-19,20-10-6-11-21(15-20)28(31,32)33)36-26(37)35-22-13-14-23(29)24(30)16-22/h2-16H,17H2,1H3,(H2,35,36,37). The van der Waals surface area contributed by atoms with E-state index in [-0.39, 0.29) is 17.7 Å². The van der Waals surface area contributed by atoms with Crippen molar-refractivity contribution in [2.75, 3.05) is 5.32 Å². The van der Waals surface area contributed by atoms with Crippen LogP contribution in [-0.2, 0) is 18.1 Å². The van der Waals surface area contributed by atoms with Gasteiger partial charge in [-0.3, -0.25) is 4.98 Å². The van der Waals surface area contributed by atoms with Crippen molar-refractivity contribution in [3.8, 4) is 0 Å². The number of aryl methyl sites for hydroxylation is 1. The van der Waals surface area contributed by atoms with Gasteiger partial charge in [-0.1, -0.05) is 48.5 Å². The minimum Gasteiger partial charge on any atom is -0.322 e. The van der Waals surface area contributed by atoms with Gasteiger partial charge in [0.25, 0.3) is 0 Å². The highest BCUT2D eigenvalue weighted by Crippen LogP contribution is 2.37. The van der Waals surface area contributed by atoms with Crippen LogP contribution in [0.15, 0.2) is 91.0 Å². The lowest BCUT2D eigenvalue weighted by Crippen LogP contribution is -2.50. The molecule has 0 aliphatic heterocycles. The fourth-order valence-electron chi connectivity index (χ4n) is 4.09. The van der Waals surface area contributed by atoms with Gasteiger partial charge in [-0.05, 0) is 54.4 Å². The quantitative estimate of drug-likeness (QED) is 0.274. The van der Waals surface area contributed by atoms with Crippen molar-refractivity contribution in [3.05, 3.63) is 131 Å². The molecule has 190 valence electrons. The highest BCUT2D eigenvalue weighted by molar-refractivity contribution is 5.90. The normalized spacial score (nSPS) is 13.0. The van der Waals surface area contributed by atoms with Crippen LogP contribution in [0.2, 0.25) is 0 Å². The number of aromatic nitrogens is 1. The largest absolute Gasteiger partial charge is 0.416 e. The van der Waals surface area contributed by atoms with Crippen molar-refractivity contribution < 1.29 is 26.7 Å². The van der Waals surface area contributed by atoms with Gasteiger partial charge in [-0.15, -0.1) is 0 Å². The Morgan fingerprint density at radius 2 is 1.51 bits per heavy atom. The maximum Gasteiger partial charge on any atom is 0.416 e. The number of anilines is 1. The number of alkyl halides is 3. The number of pyridine rings is 1. The summed E-state index contributed by atoms with van der Waals surface area (Å²) < 4.78 is 68.1. The molecule has 0 radical (unpaired) electrons. The molecule has 0 bridgehead atoms. The third kappa shape index (κ3) is 5.94. The second-order valence-corrected chi connectivity index (χ2v) is 8.52. The number of benzene rings is 3. The zero-order valence-electron chi connectivity index (χ0n) is 19.6. The van der Waals surface area contributed by atoms with Crippen molar-refractivity contribution in [2.45, 2.75) is 25.1 Å². The molecule has 1 aromatic heterocycles. The summed E-state index contributed by atoms with van der Waals surface area (Å²) in [5, 5.41) is 5.25. The highest BCUT2D eigenvalue weighted by Gasteiger charge is 2.40. The molecule has 3 aromatic carbocycles. The third-order valence-electron chi connectivity index (χ3n) is 5.82. The number of halogens is 5. The zero-order valence-corrected chi connectivity index (χ0v) is 19.6. The Hall–Kier alpha value is -4.27. The van der Waals surface area contributed by atoms with E-state index in [0.717, 1.165) is 29.8 Å². The van der Waals surface area contributed by atoms with Crippen LogP contribution in [0, 0.1) is 18.6 Å². The Morgan fingerprint density at radius 3 is 2.19 bits per heavy atom.